The average Bonchev–Trinajstić information content (AvgIpc) is 2.95. The third kappa shape index (κ3) is 2.88. The first kappa shape index (κ1) is 16.4. The number of anilines is 1. The van der Waals surface area contributed by atoms with Gasteiger partial charge in [-0.05, 0) is 30.9 Å². The molecule has 4 rings (SSSR count). The summed E-state index contributed by atoms with van der Waals surface area (Å²) in [6.07, 6.45) is -0.214. The van der Waals surface area contributed by atoms with E-state index in [0.29, 0.717) is 0 Å². The number of alkyl halides is 4. The minimum absolute atomic E-state index is 0.149. The lowest BCUT2D eigenvalue weighted by molar-refractivity contribution is -0.138. The zero-order valence-corrected chi connectivity index (χ0v) is 14.6. The molecule has 0 saturated heterocycles. The van der Waals surface area contributed by atoms with Crippen LogP contribution < -0.4 is 5.32 Å². The van der Waals surface area contributed by atoms with Gasteiger partial charge in [-0.25, -0.2) is 9.97 Å². The van der Waals surface area contributed by atoms with Crippen molar-refractivity contribution in [1.29, 1.82) is 0 Å². The fraction of sp³-hybridized carbons (Fsp3) is 0.294. The molecule has 3 aromatic rings. The number of aromatic nitrogens is 3. The summed E-state index contributed by atoms with van der Waals surface area (Å²) < 4.78 is 37.3. The summed E-state index contributed by atoms with van der Waals surface area (Å²) in [7, 11) is 0. The SMILES string of the molecule is FC(F)(F)c1cnc(NC2(Br)CCCc3c2[nH]c2ccccc32)nc1. The molecule has 4 nitrogen and oxygen atoms in total. The van der Waals surface area contributed by atoms with Crippen molar-refractivity contribution in [3.63, 3.8) is 0 Å². The molecule has 0 amide bonds. The highest BCUT2D eigenvalue weighted by molar-refractivity contribution is 9.09. The highest BCUT2D eigenvalue weighted by Crippen LogP contribution is 2.44. The number of hydrogen-bond acceptors (Lipinski definition) is 3. The molecule has 1 aliphatic carbocycles. The number of benzene rings is 1. The van der Waals surface area contributed by atoms with Crippen molar-refractivity contribution >= 4 is 32.8 Å². The molecule has 0 saturated carbocycles. The van der Waals surface area contributed by atoms with Crippen LogP contribution in [0.4, 0.5) is 19.1 Å². The summed E-state index contributed by atoms with van der Waals surface area (Å²) >= 11 is 3.72. The molecule has 1 atom stereocenters. The molecule has 0 aliphatic heterocycles. The Kier molecular flexibility index (Phi) is 3.75. The number of aryl methyl sites for hydroxylation is 1. The Morgan fingerprint density at radius 2 is 1.88 bits per heavy atom. The lowest BCUT2D eigenvalue weighted by atomic mass is 9.91. The molecule has 0 fully saturated rings. The van der Waals surface area contributed by atoms with E-state index in [9.17, 15) is 13.2 Å². The van der Waals surface area contributed by atoms with Crippen LogP contribution in [0.2, 0.25) is 0 Å². The monoisotopic (exact) mass is 410 g/mol. The van der Waals surface area contributed by atoms with Gasteiger partial charge in [0.15, 0.2) is 0 Å². The van der Waals surface area contributed by atoms with Crippen molar-refractivity contribution < 1.29 is 13.2 Å². The number of nitrogens with one attached hydrogen (secondary N) is 2. The van der Waals surface area contributed by atoms with Crippen LogP contribution >= 0.6 is 15.9 Å². The number of halogens is 4. The third-order valence-electron chi connectivity index (χ3n) is 4.45. The Morgan fingerprint density at radius 3 is 2.60 bits per heavy atom. The van der Waals surface area contributed by atoms with E-state index in [0.717, 1.165) is 48.3 Å². The maximum atomic E-state index is 12.7. The fourth-order valence-corrected chi connectivity index (χ4v) is 4.07. The van der Waals surface area contributed by atoms with Gasteiger partial charge in [-0.15, -0.1) is 0 Å². The van der Waals surface area contributed by atoms with Crippen LogP contribution in [0, 0.1) is 0 Å². The smallest absolute Gasteiger partial charge is 0.355 e. The molecule has 2 heterocycles. The number of H-pyrrole nitrogens is 1. The largest absolute Gasteiger partial charge is 0.419 e. The molecule has 2 aromatic heterocycles. The molecule has 1 aromatic carbocycles. The van der Waals surface area contributed by atoms with Crippen molar-refractivity contribution in [2.24, 2.45) is 0 Å². The van der Waals surface area contributed by atoms with Gasteiger partial charge in [-0.1, -0.05) is 34.1 Å². The van der Waals surface area contributed by atoms with Crippen molar-refractivity contribution in [3.05, 3.63) is 53.5 Å². The Balaban J connectivity index is 1.69. The number of fused-ring (bicyclic) bond motifs is 3. The molecular formula is C17H14BrF3N4. The van der Waals surface area contributed by atoms with E-state index in [-0.39, 0.29) is 5.95 Å². The van der Waals surface area contributed by atoms with Crippen molar-refractivity contribution in [3.8, 4) is 0 Å². The average molecular weight is 411 g/mol. The van der Waals surface area contributed by atoms with Gasteiger partial charge in [0.2, 0.25) is 5.95 Å². The Morgan fingerprint density at radius 1 is 1.16 bits per heavy atom. The van der Waals surface area contributed by atoms with Crippen LogP contribution in [-0.4, -0.2) is 15.0 Å². The normalized spacial score (nSPS) is 20.5. The quantitative estimate of drug-likeness (QED) is 0.463. The van der Waals surface area contributed by atoms with Crippen LogP contribution in [0.25, 0.3) is 10.9 Å². The van der Waals surface area contributed by atoms with E-state index in [1.807, 2.05) is 18.2 Å². The van der Waals surface area contributed by atoms with E-state index in [1.165, 1.54) is 5.56 Å². The van der Waals surface area contributed by atoms with Crippen LogP contribution in [-0.2, 0) is 17.0 Å². The first-order valence-corrected chi connectivity index (χ1v) is 8.62. The minimum atomic E-state index is -4.44. The predicted octanol–water partition coefficient (Wildman–Crippen LogP) is 4.97. The maximum absolute atomic E-state index is 12.7. The van der Waals surface area contributed by atoms with Gasteiger partial charge in [0.25, 0.3) is 0 Å². The molecule has 0 spiro atoms. The van der Waals surface area contributed by atoms with E-state index < -0.39 is 16.2 Å². The third-order valence-corrected chi connectivity index (χ3v) is 5.44. The molecule has 1 unspecified atom stereocenters. The zero-order valence-electron chi connectivity index (χ0n) is 13.0. The summed E-state index contributed by atoms with van der Waals surface area (Å²) in [4.78, 5) is 11.1. The van der Waals surface area contributed by atoms with Crippen molar-refractivity contribution in [1.82, 2.24) is 15.0 Å². The van der Waals surface area contributed by atoms with Gasteiger partial charge in [0.05, 0.1) is 11.3 Å². The Bertz CT molecular complexity index is 920. The van der Waals surface area contributed by atoms with Crippen LogP contribution in [0.3, 0.4) is 0 Å². The van der Waals surface area contributed by atoms with Gasteiger partial charge in [0.1, 0.15) is 4.45 Å². The summed E-state index contributed by atoms with van der Waals surface area (Å²) in [5.41, 5.74) is 2.35. The van der Waals surface area contributed by atoms with Crippen LogP contribution in [0.15, 0.2) is 36.7 Å². The maximum Gasteiger partial charge on any atom is 0.419 e. The Labute approximate surface area is 150 Å². The molecule has 0 radical (unpaired) electrons. The highest BCUT2D eigenvalue weighted by atomic mass is 79.9. The minimum Gasteiger partial charge on any atom is -0.355 e. The molecule has 130 valence electrons. The van der Waals surface area contributed by atoms with Gasteiger partial charge < -0.3 is 10.3 Å². The second-order valence-electron chi connectivity index (χ2n) is 6.10. The summed E-state index contributed by atoms with van der Waals surface area (Å²) in [5.74, 6) is 0.149. The van der Waals surface area contributed by atoms with Crippen molar-refractivity contribution in [2.75, 3.05) is 5.32 Å². The molecule has 0 bridgehead atoms. The second kappa shape index (κ2) is 5.72. The number of rotatable bonds is 2. The molecule has 1 aliphatic rings. The summed E-state index contributed by atoms with van der Waals surface area (Å²) in [6.45, 7) is 0. The molecular weight excluding hydrogens is 397 g/mol. The zero-order chi connectivity index (χ0) is 17.7. The number of hydrogen-bond donors (Lipinski definition) is 2. The second-order valence-corrected chi connectivity index (χ2v) is 7.45. The topological polar surface area (TPSA) is 53.6 Å². The van der Waals surface area contributed by atoms with E-state index in [1.54, 1.807) is 0 Å². The first-order valence-electron chi connectivity index (χ1n) is 7.83. The van der Waals surface area contributed by atoms with Gasteiger partial charge >= 0.3 is 6.18 Å². The first-order chi connectivity index (χ1) is 11.9. The number of aromatic amines is 1. The van der Waals surface area contributed by atoms with Gasteiger partial charge in [-0.3, -0.25) is 0 Å². The van der Waals surface area contributed by atoms with E-state index in [2.05, 4.69) is 42.3 Å². The molecule has 2 N–H and O–H groups in total. The molecule has 25 heavy (non-hydrogen) atoms. The Hall–Kier alpha value is -2.09. The highest BCUT2D eigenvalue weighted by Gasteiger charge is 2.38. The van der Waals surface area contributed by atoms with Gasteiger partial charge in [-0.2, -0.15) is 13.2 Å². The fourth-order valence-electron chi connectivity index (χ4n) is 3.27. The lowest BCUT2D eigenvalue weighted by Crippen LogP contribution is -2.33. The number of para-hydroxylation sites is 1. The summed E-state index contributed by atoms with van der Waals surface area (Å²) in [6, 6.07) is 8.04. The van der Waals surface area contributed by atoms with E-state index >= 15 is 0 Å². The predicted molar refractivity (Wildman–Crippen MR) is 92.5 cm³/mol. The van der Waals surface area contributed by atoms with Gasteiger partial charge in [0, 0.05) is 23.3 Å². The lowest BCUT2D eigenvalue weighted by Gasteiger charge is -2.32. The van der Waals surface area contributed by atoms with Crippen molar-refractivity contribution in [2.45, 2.75) is 29.9 Å². The van der Waals surface area contributed by atoms with E-state index in [4.69, 9.17) is 0 Å². The summed E-state index contributed by atoms with van der Waals surface area (Å²) in [5, 5.41) is 4.31. The van der Waals surface area contributed by atoms with Crippen LogP contribution in [0.1, 0.15) is 29.7 Å². The standard InChI is InChI=1S/C17H14BrF3N4/c18-16(25-15-22-8-10(9-23-15)17(19,20)21)7-3-5-12-11-4-1-2-6-13(11)24-14(12)16/h1-2,4,6,8-9,24H,3,5,7H2,(H,22,23,25). The van der Waals surface area contributed by atoms with Crippen LogP contribution in [0.5, 0.6) is 0 Å². The molecule has 8 heteroatoms. The number of nitrogens with zero attached hydrogens (tertiary/aromatic N) is 2.